The van der Waals surface area contributed by atoms with Crippen LogP contribution in [0.5, 0.6) is 0 Å². The summed E-state index contributed by atoms with van der Waals surface area (Å²) >= 11 is 0. The van der Waals surface area contributed by atoms with Gasteiger partial charge in [-0.3, -0.25) is 4.79 Å². The van der Waals surface area contributed by atoms with Gasteiger partial charge in [-0.1, -0.05) is 30.3 Å². The summed E-state index contributed by atoms with van der Waals surface area (Å²) in [6.07, 6.45) is 0.772. The molecule has 1 aromatic rings. The maximum atomic E-state index is 11.9. The zero-order valence-electron chi connectivity index (χ0n) is 13.3. The van der Waals surface area contributed by atoms with Gasteiger partial charge in [0, 0.05) is 6.04 Å². The Morgan fingerprint density at radius 3 is 2.41 bits per heavy atom. The zero-order valence-corrected chi connectivity index (χ0v) is 13.3. The van der Waals surface area contributed by atoms with E-state index in [4.69, 9.17) is 9.47 Å². The van der Waals surface area contributed by atoms with Crippen molar-refractivity contribution in [1.29, 1.82) is 0 Å². The molecule has 0 spiro atoms. The molecule has 0 bridgehead atoms. The van der Waals surface area contributed by atoms with E-state index in [1.807, 2.05) is 51.1 Å². The summed E-state index contributed by atoms with van der Waals surface area (Å²) in [6, 6.07) is 9.57. The molecule has 1 aliphatic rings. The molecule has 1 aliphatic carbocycles. The van der Waals surface area contributed by atoms with Gasteiger partial charge in [-0.15, -0.1) is 0 Å². The van der Waals surface area contributed by atoms with Crippen LogP contribution in [0.25, 0.3) is 0 Å². The van der Waals surface area contributed by atoms with Crippen molar-refractivity contribution < 1.29 is 19.1 Å². The minimum atomic E-state index is -0.512. The molecule has 0 aromatic heterocycles. The summed E-state index contributed by atoms with van der Waals surface area (Å²) in [5.74, 6) is -0.338. The Morgan fingerprint density at radius 2 is 1.82 bits per heavy atom. The molecule has 1 saturated carbocycles. The maximum Gasteiger partial charge on any atom is 0.407 e. The number of esters is 1. The van der Waals surface area contributed by atoms with E-state index >= 15 is 0 Å². The standard InChI is InChI=1S/C17H23NO4/c1-17(2,3)22-16(20)18-14-9-13(10-14)15(19)21-11-12-7-5-4-6-8-12/h4-8,13-14H,9-11H2,1-3H3,(H,18,20)/t13-,14-. The molecule has 0 aliphatic heterocycles. The Bertz CT molecular complexity index is 515. The fraction of sp³-hybridized carbons (Fsp3) is 0.529. The van der Waals surface area contributed by atoms with Gasteiger partial charge in [0.1, 0.15) is 12.2 Å². The predicted octanol–water partition coefficient (Wildman–Crippen LogP) is 3.03. The van der Waals surface area contributed by atoms with Crippen LogP contribution in [0.1, 0.15) is 39.2 Å². The molecular formula is C17H23NO4. The summed E-state index contributed by atoms with van der Waals surface area (Å²) in [7, 11) is 0. The monoisotopic (exact) mass is 305 g/mol. The SMILES string of the molecule is CC(C)(C)OC(=O)N[C@H]1C[C@H](C(=O)OCc2ccccc2)C1. The number of hydrogen-bond acceptors (Lipinski definition) is 4. The summed E-state index contributed by atoms with van der Waals surface area (Å²) in [4.78, 5) is 23.5. The summed E-state index contributed by atoms with van der Waals surface area (Å²) in [5, 5.41) is 2.76. The van der Waals surface area contributed by atoms with Crippen LogP contribution in [0.2, 0.25) is 0 Å². The predicted molar refractivity (Wildman–Crippen MR) is 82.1 cm³/mol. The average Bonchev–Trinajstić information content (AvgIpc) is 2.39. The van der Waals surface area contributed by atoms with E-state index in [0.717, 1.165) is 5.56 Å². The Morgan fingerprint density at radius 1 is 1.18 bits per heavy atom. The van der Waals surface area contributed by atoms with Crippen LogP contribution >= 0.6 is 0 Å². The first kappa shape index (κ1) is 16.3. The quantitative estimate of drug-likeness (QED) is 0.868. The first-order valence-corrected chi connectivity index (χ1v) is 7.53. The number of ether oxygens (including phenoxy) is 2. The average molecular weight is 305 g/mol. The second-order valence-electron chi connectivity index (χ2n) is 6.60. The largest absolute Gasteiger partial charge is 0.461 e. The van der Waals surface area contributed by atoms with Gasteiger partial charge in [0.15, 0.2) is 0 Å². The topological polar surface area (TPSA) is 64.6 Å². The van der Waals surface area contributed by atoms with Crippen molar-refractivity contribution >= 4 is 12.1 Å². The number of hydrogen-bond donors (Lipinski definition) is 1. The fourth-order valence-corrected chi connectivity index (χ4v) is 2.25. The lowest BCUT2D eigenvalue weighted by molar-refractivity contribution is -0.153. The van der Waals surface area contributed by atoms with Gasteiger partial charge in [0.25, 0.3) is 0 Å². The lowest BCUT2D eigenvalue weighted by Crippen LogP contribution is -2.48. The number of benzene rings is 1. The third-order valence-corrected chi connectivity index (χ3v) is 3.42. The molecule has 0 heterocycles. The molecule has 0 unspecified atom stereocenters. The van der Waals surface area contributed by atoms with Gasteiger partial charge in [0.05, 0.1) is 5.92 Å². The Hall–Kier alpha value is -2.04. The molecule has 0 radical (unpaired) electrons. The number of carbonyl (C=O) groups is 2. The van der Waals surface area contributed by atoms with Gasteiger partial charge >= 0.3 is 12.1 Å². The van der Waals surface area contributed by atoms with Crippen molar-refractivity contribution in [3.8, 4) is 0 Å². The van der Waals surface area contributed by atoms with E-state index in [-0.39, 0.29) is 17.9 Å². The van der Waals surface area contributed by atoms with E-state index in [1.165, 1.54) is 0 Å². The first-order chi connectivity index (χ1) is 10.3. The summed E-state index contributed by atoms with van der Waals surface area (Å²) in [6.45, 7) is 5.74. The van der Waals surface area contributed by atoms with E-state index < -0.39 is 11.7 Å². The molecule has 1 N–H and O–H groups in total. The lowest BCUT2D eigenvalue weighted by atomic mass is 9.80. The Balaban J connectivity index is 1.66. The van der Waals surface area contributed by atoms with Gasteiger partial charge < -0.3 is 14.8 Å². The summed E-state index contributed by atoms with van der Waals surface area (Å²) in [5.41, 5.74) is 0.459. The van der Waals surface area contributed by atoms with Crippen LogP contribution < -0.4 is 5.32 Å². The second-order valence-corrected chi connectivity index (χ2v) is 6.60. The third kappa shape index (κ3) is 5.06. The second kappa shape index (κ2) is 6.81. The van der Waals surface area contributed by atoms with Crippen molar-refractivity contribution in [2.45, 2.75) is 51.9 Å². The zero-order chi connectivity index (χ0) is 16.2. The van der Waals surface area contributed by atoms with Gasteiger partial charge in [-0.25, -0.2) is 4.79 Å². The number of amides is 1. The number of rotatable bonds is 4. The van der Waals surface area contributed by atoms with Crippen molar-refractivity contribution in [3.63, 3.8) is 0 Å². The van der Waals surface area contributed by atoms with Gasteiger partial charge in [0.2, 0.25) is 0 Å². The highest BCUT2D eigenvalue weighted by atomic mass is 16.6. The molecule has 0 saturated heterocycles. The van der Waals surface area contributed by atoms with Crippen molar-refractivity contribution in [3.05, 3.63) is 35.9 Å². The molecule has 5 nitrogen and oxygen atoms in total. The number of nitrogens with one attached hydrogen (secondary N) is 1. The first-order valence-electron chi connectivity index (χ1n) is 7.53. The van der Waals surface area contributed by atoms with Crippen molar-refractivity contribution in [2.24, 2.45) is 5.92 Å². The highest BCUT2D eigenvalue weighted by molar-refractivity contribution is 5.74. The molecule has 1 aromatic carbocycles. The molecule has 1 fully saturated rings. The van der Waals surface area contributed by atoms with E-state index in [0.29, 0.717) is 19.4 Å². The third-order valence-electron chi connectivity index (χ3n) is 3.42. The minimum Gasteiger partial charge on any atom is -0.461 e. The molecule has 2 rings (SSSR count). The van der Waals surface area contributed by atoms with Crippen LogP contribution in [0, 0.1) is 5.92 Å². The van der Waals surface area contributed by atoms with E-state index in [2.05, 4.69) is 5.32 Å². The van der Waals surface area contributed by atoms with Crippen LogP contribution in [0.3, 0.4) is 0 Å². The molecule has 22 heavy (non-hydrogen) atoms. The molecule has 0 atom stereocenters. The maximum absolute atomic E-state index is 11.9. The minimum absolute atomic E-state index is 0.0101. The number of carbonyl (C=O) groups excluding carboxylic acids is 2. The van der Waals surface area contributed by atoms with Gasteiger partial charge in [-0.2, -0.15) is 0 Å². The smallest absolute Gasteiger partial charge is 0.407 e. The Labute approximate surface area is 131 Å². The highest BCUT2D eigenvalue weighted by Gasteiger charge is 2.37. The number of alkyl carbamates (subject to hydrolysis) is 1. The Kier molecular flexibility index (Phi) is 5.06. The normalized spacial score (nSPS) is 20.7. The molecular weight excluding hydrogens is 282 g/mol. The lowest BCUT2D eigenvalue weighted by Gasteiger charge is -2.34. The van der Waals surface area contributed by atoms with Crippen LogP contribution in [-0.4, -0.2) is 23.7 Å². The fourth-order valence-electron chi connectivity index (χ4n) is 2.25. The summed E-state index contributed by atoms with van der Waals surface area (Å²) < 4.78 is 10.5. The van der Waals surface area contributed by atoms with E-state index in [9.17, 15) is 9.59 Å². The van der Waals surface area contributed by atoms with Crippen LogP contribution in [0.15, 0.2) is 30.3 Å². The molecule has 5 heteroatoms. The molecule has 120 valence electrons. The molecule has 1 amide bonds. The van der Waals surface area contributed by atoms with E-state index in [1.54, 1.807) is 0 Å². The van der Waals surface area contributed by atoms with Crippen molar-refractivity contribution in [2.75, 3.05) is 0 Å². The van der Waals surface area contributed by atoms with Gasteiger partial charge in [-0.05, 0) is 39.2 Å². The van der Waals surface area contributed by atoms with Crippen molar-refractivity contribution in [1.82, 2.24) is 5.32 Å². The van der Waals surface area contributed by atoms with Crippen LogP contribution in [-0.2, 0) is 20.9 Å². The van der Waals surface area contributed by atoms with Crippen LogP contribution in [0.4, 0.5) is 4.79 Å². The highest BCUT2D eigenvalue weighted by Crippen LogP contribution is 2.29.